The van der Waals surface area contributed by atoms with Crippen molar-refractivity contribution in [2.75, 3.05) is 16.2 Å². The molecule has 4 rings (SSSR count). The van der Waals surface area contributed by atoms with Gasteiger partial charge in [0.05, 0.1) is 4.90 Å². The standard InChI is InChI=1S/C20H18ClN3O4S2.H3N.H2/c1-13-2-5-15(12-17(13)21)28-18-8-10-24(19(18)25)14-3-6-16(7-4-14)30(26,27)23-20-22-9-11-29-20;;/h2-7,9,11-12,18H,8,10H2,1H3,(H,22,23);1H3;1H. The number of anilines is 2. The molecule has 0 spiro atoms. The largest absolute Gasteiger partial charge is 0.480 e. The highest BCUT2D eigenvalue weighted by Gasteiger charge is 2.34. The molecule has 8 nitrogen and oxygen atoms in total. The molecule has 1 saturated heterocycles. The Balaban J connectivity index is 0.00000181. The third-order valence-electron chi connectivity index (χ3n) is 4.69. The van der Waals surface area contributed by atoms with Crippen molar-refractivity contribution in [1.82, 2.24) is 11.1 Å². The molecule has 1 aliphatic heterocycles. The highest BCUT2D eigenvalue weighted by atomic mass is 35.5. The Kier molecular flexibility index (Phi) is 6.85. The van der Waals surface area contributed by atoms with Crippen LogP contribution in [-0.4, -0.2) is 32.0 Å². The van der Waals surface area contributed by atoms with Gasteiger partial charge < -0.3 is 15.8 Å². The lowest BCUT2D eigenvalue weighted by atomic mass is 10.2. The first kappa shape index (κ1) is 23.0. The zero-order valence-electron chi connectivity index (χ0n) is 16.6. The summed E-state index contributed by atoms with van der Waals surface area (Å²) in [5.74, 6) is 0.365. The number of nitrogens with zero attached hydrogens (tertiary/aromatic N) is 2. The molecule has 31 heavy (non-hydrogen) atoms. The second-order valence-electron chi connectivity index (χ2n) is 6.73. The summed E-state index contributed by atoms with van der Waals surface area (Å²) < 4.78 is 33.1. The molecular formula is C20H23ClN4O4S2. The van der Waals surface area contributed by atoms with Crippen LogP contribution in [0.25, 0.3) is 0 Å². The van der Waals surface area contributed by atoms with Gasteiger partial charge in [-0.15, -0.1) is 11.3 Å². The minimum absolute atomic E-state index is 0. The van der Waals surface area contributed by atoms with E-state index in [0.29, 0.717) is 34.6 Å². The first-order valence-electron chi connectivity index (χ1n) is 9.10. The van der Waals surface area contributed by atoms with Crippen molar-refractivity contribution in [3.05, 3.63) is 64.6 Å². The van der Waals surface area contributed by atoms with E-state index in [1.165, 1.54) is 29.7 Å². The van der Waals surface area contributed by atoms with Crippen molar-refractivity contribution >= 4 is 49.7 Å². The number of aromatic nitrogens is 1. The van der Waals surface area contributed by atoms with E-state index in [9.17, 15) is 13.2 Å². The number of carbonyl (C=O) groups is 1. The Morgan fingerprint density at radius 2 is 2.00 bits per heavy atom. The Morgan fingerprint density at radius 3 is 2.65 bits per heavy atom. The lowest BCUT2D eigenvalue weighted by Crippen LogP contribution is -2.32. The van der Waals surface area contributed by atoms with Crippen LogP contribution in [0.2, 0.25) is 5.02 Å². The molecule has 4 N–H and O–H groups in total. The van der Waals surface area contributed by atoms with Gasteiger partial charge in [0.25, 0.3) is 15.9 Å². The van der Waals surface area contributed by atoms with Crippen LogP contribution in [0.4, 0.5) is 10.8 Å². The van der Waals surface area contributed by atoms with Crippen molar-refractivity contribution in [2.24, 2.45) is 0 Å². The molecular weight excluding hydrogens is 460 g/mol. The van der Waals surface area contributed by atoms with Crippen molar-refractivity contribution in [3.63, 3.8) is 0 Å². The van der Waals surface area contributed by atoms with Gasteiger partial charge in [-0.05, 0) is 48.9 Å². The summed E-state index contributed by atoms with van der Waals surface area (Å²) in [6.45, 7) is 2.37. The first-order valence-corrected chi connectivity index (χ1v) is 11.8. The fraction of sp³-hybridized carbons (Fsp3) is 0.200. The van der Waals surface area contributed by atoms with E-state index < -0.39 is 16.1 Å². The van der Waals surface area contributed by atoms with Gasteiger partial charge in [0.15, 0.2) is 11.2 Å². The number of nitrogens with one attached hydrogen (secondary N) is 1. The fourth-order valence-corrected chi connectivity index (χ4v) is 5.04. The first-order chi connectivity index (χ1) is 14.3. The summed E-state index contributed by atoms with van der Waals surface area (Å²) in [4.78, 5) is 18.4. The number of ether oxygens (including phenoxy) is 1. The molecule has 2 heterocycles. The van der Waals surface area contributed by atoms with Crippen LogP contribution in [0.5, 0.6) is 5.75 Å². The molecule has 11 heteroatoms. The third kappa shape index (κ3) is 4.99. The average Bonchev–Trinajstić information content (AvgIpc) is 3.35. The summed E-state index contributed by atoms with van der Waals surface area (Å²) in [5, 5.41) is 2.56. The lowest BCUT2D eigenvalue weighted by Gasteiger charge is -2.18. The van der Waals surface area contributed by atoms with Crippen LogP contribution in [0.1, 0.15) is 13.4 Å². The molecule has 1 unspecified atom stereocenters. The summed E-state index contributed by atoms with van der Waals surface area (Å²) >= 11 is 7.32. The van der Waals surface area contributed by atoms with Crippen molar-refractivity contribution < 1.29 is 19.4 Å². The topological polar surface area (TPSA) is 124 Å². The Morgan fingerprint density at radius 1 is 1.26 bits per heavy atom. The minimum Gasteiger partial charge on any atom is -0.480 e. The molecule has 0 radical (unpaired) electrons. The molecule has 3 aromatic rings. The third-order valence-corrected chi connectivity index (χ3v) is 7.27. The predicted octanol–water partition coefficient (Wildman–Crippen LogP) is 4.50. The molecule has 0 aliphatic carbocycles. The molecule has 0 bridgehead atoms. The van der Waals surface area contributed by atoms with Crippen LogP contribution in [0, 0.1) is 6.92 Å². The Bertz CT molecular complexity index is 1170. The Hall–Kier alpha value is -2.66. The van der Waals surface area contributed by atoms with Gasteiger partial charge >= 0.3 is 0 Å². The van der Waals surface area contributed by atoms with Gasteiger partial charge in [0, 0.05) is 36.7 Å². The number of amides is 1. The maximum atomic E-state index is 12.8. The smallest absolute Gasteiger partial charge is 0.268 e. The van der Waals surface area contributed by atoms with E-state index in [-0.39, 0.29) is 18.4 Å². The maximum absolute atomic E-state index is 12.8. The highest BCUT2D eigenvalue weighted by Crippen LogP contribution is 2.28. The van der Waals surface area contributed by atoms with E-state index in [1.54, 1.807) is 34.5 Å². The molecule has 166 valence electrons. The van der Waals surface area contributed by atoms with Crippen molar-refractivity contribution in [1.29, 1.82) is 0 Å². The second kappa shape index (κ2) is 9.23. The number of aryl methyl sites for hydroxylation is 1. The highest BCUT2D eigenvalue weighted by molar-refractivity contribution is 7.93. The van der Waals surface area contributed by atoms with Crippen LogP contribution in [0.3, 0.4) is 0 Å². The number of hydrogen-bond donors (Lipinski definition) is 2. The van der Waals surface area contributed by atoms with Gasteiger partial charge in [-0.2, -0.15) is 0 Å². The number of carbonyl (C=O) groups excluding carboxylic acids is 1. The minimum atomic E-state index is -3.74. The monoisotopic (exact) mass is 482 g/mol. The average molecular weight is 483 g/mol. The van der Waals surface area contributed by atoms with E-state index in [0.717, 1.165) is 5.56 Å². The second-order valence-corrected chi connectivity index (χ2v) is 9.72. The molecule has 1 aromatic heterocycles. The quantitative estimate of drug-likeness (QED) is 0.533. The van der Waals surface area contributed by atoms with Gasteiger partial charge in [-0.3, -0.25) is 9.52 Å². The van der Waals surface area contributed by atoms with E-state index in [1.807, 2.05) is 13.0 Å². The van der Waals surface area contributed by atoms with Crippen LogP contribution < -0.4 is 20.5 Å². The van der Waals surface area contributed by atoms with Crippen molar-refractivity contribution in [2.45, 2.75) is 24.3 Å². The van der Waals surface area contributed by atoms with E-state index >= 15 is 0 Å². The maximum Gasteiger partial charge on any atom is 0.268 e. The molecule has 2 aromatic carbocycles. The van der Waals surface area contributed by atoms with E-state index in [2.05, 4.69) is 9.71 Å². The molecule has 1 amide bonds. The van der Waals surface area contributed by atoms with Gasteiger partial charge in [-0.1, -0.05) is 17.7 Å². The molecule has 1 aliphatic rings. The number of sulfonamides is 1. The van der Waals surface area contributed by atoms with E-state index in [4.69, 9.17) is 16.3 Å². The lowest BCUT2D eigenvalue weighted by molar-refractivity contribution is -0.122. The molecule has 1 fully saturated rings. The SMILES string of the molecule is Cc1ccc(OC2CCN(c3ccc(S(=O)(=O)Nc4nccs4)cc3)C2=O)cc1Cl.N.[HH]. The van der Waals surface area contributed by atoms with Crippen LogP contribution >= 0.6 is 22.9 Å². The molecule has 0 saturated carbocycles. The zero-order chi connectivity index (χ0) is 21.3. The fourth-order valence-electron chi connectivity index (χ4n) is 3.08. The van der Waals surface area contributed by atoms with Gasteiger partial charge in [0.1, 0.15) is 5.75 Å². The number of hydrogen-bond acceptors (Lipinski definition) is 7. The van der Waals surface area contributed by atoms with Gasteiger partial charge in [0.2, 0.25) is 0 Å². The normalized spacial score (nSPS) is 16.1. The van der Waals surface area contributed by atoms with Gasteiger partial charge in [-0.25, -0.2) is 13.4 Å². The van der Waals surface area contributed by atoms with Crippen LogP contribution in [0.15, 0.2) is 58.9 Å². The number of thiazole rings is 1. The molecule has 1 atom stereocenters. The summed E-state index contributed by atoms with van der Waals surface area (Å²) in [6.07, 6.45) is 1.43. The number of benzene rings is 2. The van der Waals surface area contributed by atoms with Crippen molar-refractivity contribution in [3.8, 4) is 5.75 Å². The predicted molar refractivity (Wildman–Crippen MR) is 124 cm³/mol. The zero-order valence-corrected chi connectivity index (χ0v) is 19.0. The summed E-state index contributed by atoms with van der Waals surface area (Å²) in [7, 11) is -3.74. The Labute approximate surface area is 190 Å². The summed E-state index contributed by atoms with van der Waals surface area (Å²) in [5.41, 5.74) is 1.55. The van der Waals surface area contributed by atoms with Crippen LogP contribution in [-0.2, 0) is 14.8 Å². The summed E-state index contributed by atoms with van der Waals surface area (Å²) in [6, 6.07) is 11.5. The number of halogens is 1. The number of rotatable bonds is 6.